The molecule has 3 rings (SSSR count). The first-order valence-corrected chi connectivity index (χ1v) is 8.88. The number of rotatable bonds is 7. The monoisotopic (exact) mass is 377 g/mol. The van der Waals surface area contributed by atoms with Crippen LogP contribution in [0.1, 0.15) is 15.9 Å². The molecule has 0 aliphatic carbocycles. The van der Waals surface area contributed by atoms with E-state index in [2.05, 4.69) is 0 Å². The third-order valence-electron chi connectivity index (χ3n) is 4.41. The number of ether oxygens (including phenoxy) is 3. The summed E-state index contributed by atoms with van der Waals surface area (Å²) in [5.74, 6) is 1.18. The minimum absolute atomic E-state index is 0.158. The van der Waals surface area contributed by atoms with Gasteiger partial charge < -0.3 is 19.1 Å². The highest BCUT2D eigenvalue weighted by Gasteiger charge is 2.22. The summed E-state index contributed by atoms with van der Waals surface area (Å²) in [7, 11) is 4.60. The van der Waals surface area contributed by atoms with Crippen molar-refractivity contribution < 1.29 is 19.0 Å². The van der Waals surface area contributed by atoms with E-state index in [4.69, 9.17) is 14.2 Å². The van der Waals surface area contributed by atoms with E-state index in [0.29, 0.717) is 29.4 Å². The average Bonchev–Trinajstić information content (AvgIpc) is 2.77. The molecule has 0 aromatic heterocycles. The first-order chi connectivity index (χ1) is 13.7. The van der Waals surface area contributed by atoms with Crippen LogP contribution in [0.2, 0.25) is 0 Å². The number of amides is 1. The molecule has 0 heterocycles. The fourth-order valence-corrected chi connectivity index (χ4v) is 3.01. The Morgan fingerprint density at radius 2 is 1.32 bits per heavy atom. The lowest BCUT2D eigenvalue weighted by atomic mass is 10.1. The maximum Gasteiger partial charge on any atom is 0.258 e. The highest BCUT2D eigenvalue weighted by Crippen LogP contribution is 2.38. The molecule has 0 fully saturated rings. The molecule has 3 aromatic rings. The van der Waals surface area contributed by atoms with Crippen LogP contribution in [-0.2, 0) is 6.54 Å². The number of para-hydroxylation sites is 1. The van der Waals surface area contributed by atoms with E-state index in [0.717, 1.165) is 11.3 Å². The maximum atomic E-state index is 13.5. The van der Waals surface area contributed by atoms with Crippen LogP contribution in [0.5, 0.6) is 17.2 Å². The van der Waals surface area contributed by atoms with Gasteiger partial charge in [-0.3, -0.25) is 4.79 Å². The second kappa shape index (κ2) is 8.95. The number of benzene rings is 3. The normalized spacial score (nSPS) is 10.2. The summed E-state index contributed by atoms with van der Waals surface area (Å²) in [6, 6.07) is 22.8. The van der Waals surface area contributed by atoms with Crippen LogP contribution in [-0.4, -0.2) is 27.2 Å². The van der Waals surface area contributed by atoms with Gasteiger partial charge in [-0.05, 0) is 29.8 Å². The lowest BCUT2D eigenvalue weighted by molar-refractivity contribution is 0.0984. The van der Waals surface area contributed by atoms with Crippen LogP contribution >= 0.6 is 0 Å². The zero-order chi connectivity index (χ0) is 19.9. The van der Waals surface area contributed by atoms with E-state index in [1.807, 2.05) is 60.7 Å². The van der Waals surface area contributed by atoms with E-state index in [9.17, 15) is 4.79 Å². The molecule has 0 spiro atoms. The first kappa shape index (κ1) is 19.3. The predicted octanol–water partition coefficient (Wildman–Crippen LogP) is 4.56. The van der Waals surface area contributed by atoms with Crippen molar-refractivity contribution >= 4 is 11.6 Å². The molecule has 144 valence electrons. The molecule has 0 unspecified atom stereocenters. The lowest BCUT2D eigenvalue weighted by Gasteiger charge is -2.24. The molecular weight excluding hydrogens is 354 g/mol. The third kappa shape index (κ3) is 4.09. The van der Waals surface area contributed by atoms with Crippen LogP contribution < -0.4 is 19.1 Å². The van der Waals surface area contributed by atoms with E-state index in [1.54, 1.807) is 17.0 Å². The molecule has 0 aliphatic heterocycles. The Bertz CT molecular complexity index is 901. The molecule has 0 atom stereocenters. The summed E-state index contributed by atoms with van der Waals surface area (Å²) >= 11 is 0. The highest BCUT2D eigenvalue weighted by atomic mass is 16.5. The number of carbonyl (C=O) groups excluding carboxylic acids is 1. The van der Waals surface area contributed by atoms with Gasteiger partial charge in [0.2, 0.25) is 5.75 Å². The average molecular weight is 377 g/mol. The molecule has 5 heteroatoms. The zero-order valence-electron chi connectivity index (χ0n) is 16.2. The van der Waals surface area contributed by atoms with Gasteiger partial charge in [0.05, 0.1) is 27.9 Å². The topological polar surface area (TPSA) is 48.0 Å². The number of methoxy groups -OCH3 is 3. The molecule has 1 amide bonds. The standard InChI is InChI=1S/C23H23NO4/c1-26-20-14-18(15-21(27-2)22(20)28-3)23(25)24(19-12-8-5-9-13-19)16-17-10-6-4-7-11-17/h4-15H,16H2,1-3H3. The van der Waals surface area contributed by atoms with E-state index in [1.165, 1.54) is 21.3 Å². The van der Waals surface area contributed by atoms with Gasteiger partial charge in [-0.1, -0.05) is 48.5 Å². The lowest BCUT2D eigenvalue weighted by Crippen LogP contribution is -2.30. The van der Waals surface area contributed by atoms with Crippen LogP contribution in [0.3, 0.4) is 0 Å². The molecule has 28 heavy (non-hydrogen) atoms. The van der Waals surface area contributed by atoms with Crippen molar-refractivity contribution in [2.24, 2.45) is 0 Å². The van der Waals surface area contributed by atoms with Gasteiger partial charge in [0.25, 0.3) is 5.91 Å². The van der Waals surface area contributed by atoms with Crippen LogP contribution in [0.25, 0.3) is 0 Å². The van der Waals surface area contributed by atoms with Crippen molar-refractivity contribution in [3.8, 4) is 17.2 Å². The molecule has 0 saturated heterocycles. The highest BCUT2D eigenvalue weighted by molar-refractivity contribution is 6.06. The molecule has 5 nitrogen and oxygen atoms in total. The minimum atomic E-state index is -0.158. The smallest absolute Gasteiger partial charge is 0.258 e. The second-order valence-electron chi connectivity index (χ2n) is 6.13. The van der Waals surface area contributed by atoms with Crippen molar-refractivity contribution in [2.75, 3.05) is 26.2 Å². The van der Waals surface area contributed by atoms with E-state index in [-0.39, 0.29) is 5.91 Å². The number of hydrogen-bond donors (Lipinski definition) is 0. The number of hydrogen-bond acceptors (Lipinski definition) is 4. The molecule has 0 aliphatic rings. The fraction of sp³-hybridized carbons (Fsp3) is 0.174. The van der Waals surface area contributed by atoms with Crippen molar-refractivity contribution in [1.82, 2.24) is 0 Å². The first-order valence-electron chi connectivity index (χ1n) is 8.88. The van der Waals surface area contributed by atoms with Crippen molar-refractivity contribution in [1.29, 1.82) is 0 Å². The number of carbonyl (C=O) groups is 1. The van der Waals surface area contributed by atoms with Crippen LogP contribution in [0.15, 0.2) is 72.8 Å². The Kier molecular flexibility index (Phi) is 6.17. The summed E-state index contributed by atoms with van der Waals surface area (Å²) in [5.41, 5.74) is 2.30. The van der Waals surface area contributed by atoms with Crippen molar-refractivity contribution in [3.63, 3.8) is 0 Å². The Labute approximate surface area is 165 Å². The van der Waals surface area contributed by atoms with Crippen LogP contribution in [0.4, 0.5) is 5.69 Å². The zero-order valence-corrected chi connectivity index (χ0v) is 16.2. The van der Waals surface area contributed by atoms with Crippen LogP contribution in [0, 0.1) is 0 Å². The quantitative estimate of drug-likeness (QED) is 0.606. The summed E-state index contributed by atoms with van der Waals surface area (Å²) in [4.78, 5) is 15.2. The second-order valence-corrected chi connectivity index (χ2v) is 6.13. The molecule has 3 aromatic carbocycles. The van der Waals surface area contributed by atoms with Gasteiger partial charge in [-0.25, -0.2) is 0 Å². The van der Waals surface area contributed by atoms with Crippen molar-refractivity contribution in [3.05, 3.63) is 83.9 Å². The predicted molar refractivity (Wildman–Crippen MR) is 109 cm³/mol. The Balaban J connectivity index is 2.04. The summed E-state index contributed by atoms with van der Waals surface area (Å²) < 4.78 is 16.2. The SMILES string of the molecule is COc1cc(C(=O)N(Cc2ccccc2)c2ccccc2)cc(OC)c1OC. The van der Waals surface area contributed by atoms with E-state index >= 15 is 0 Å². The molecule has 0 radical (unpaired) electrons. The number of anilines is 1. The Morgan fingerprint density at radius 1 is 0.786 bits per heavy atom. The van der Waals surface area contributed by atoms with Gasteiger partial charge in [0.15, 0.2) is 11.5 Å². The largest absolute Gasteiger partial charge is 0.493 e. The van der Waals surface area contributed by atoms with Gasteiger partial charge in [-0.2, -0.15) is 0 Å². The molecule has 0 saturated carbocycles. The fourth-order valence-electron chi connectivity index (χ4n) is 3.01. The van der Waals surface area contributed by atoms with Crippen molar-refractivity contribution in [2.45, 2.75) is 6.54 Å². The Hall–Kier alpha value is -3.47. The molecule has 0 N–H and O–H groups in total. The number of nitrogens with zero attached hydrogens (tertiary/aromatic N) is 1. The van der Waals surface area contributed by atoms with Gasteiger partial charge >= 0.3 is 0 Å². The van der Waals surface area contributed by atoms with E-state index < -0.39 is 0 Å². The minimum Gasteiger partial charge on any atom is -0.493 e. The molecular formula is C23H23NO4. The summed E-state index contributed by atoms with van der Waals surface area (Å²) in [6.45, 7) is 0.445. The summed E-state index contributed by atoms with van der Waals surface area (Å²) in [6.07, 6.45) is 0. The Morgan fingerprint density at radius 3 is 1.82 bits per heavy atom. The molecule has 0 bridgehead atoms. The van der Waals surface area contributed by atoms with Gasteiger partial charge in [0, 0.05) is 11.3 Å². The third-order valence-corrected chi connectivity index (χ3v) is 4.41. The summed E-state index contributed by atoms with van der Waals surface area (Å²) in [5, 5.41) is 0. The maximum absolute atomic E-state index is 13.5. The van der Waals surface area contributed by atoms with Gasteiger partial charge in [0.1, 0.15) is 0 Å². The van der Waals surface area contributed by atoms with Gasteiger partial charge in [-0.15, -0.1) is 0 Å².